The summed E-state index contributed by atoms with van der Waals surface area (Å²) in [7, 11) is 0. The van der Waals surface area contributed by atoms with Crippen molar-refractivity contribution in [2.75, 3.05) is 6.61 Å². The smallest absolute Gasteiger partial charge is 0.335 e. The lowest BCUT2D eigenvalue weighted by molar-refractivity contribution is -0.395. The van der Waals surface area contributed by atoms with E-state index in [4.69, 9.17) is 28.4 Å². The Kier molecular flexibility index (Phi) is 13.4. The summed E-state index contributed by atoms with van der Waals surface area (Å²) < 4.78 is 36.7. The third kappa shape index (κ3) is 7.74. The quantitative estimate of drug-likeness (QED) is 0.117. The van der Waals surface area contributed by atoms with Crippen molar-refractivity contribution in [1.29, 1.82) is 0 Å². The van der Waals surface area contributed by atoms with Gasteiger partial charge in [0.05, 0.1) is 24.2 Å². The molecule has 0 amide bonds. The molecular weight excluding hydrogens is 865 g/mol. The van der Waals surface area contributed by atoms with E-state index in [0.29, 0.717) is 19.3 Å². The van der Waals surface area contributed by atoms with Gasteiger partial charge in [0.1, 0.15) is 61.0 Å². The second-order valence-electron chi connectivity index (χ2n) is 23.5. The molecule has 23 atom stereocenters. The van der Waals surface area contributed by atoms with Crippen LogP contribution in [0, 0.1) is 50.2 Å². The molecule has 0 radical (unpaired) electrons. The topological polar surface area (TPSA) is 292 Å². The van der Waals surface area contributed by atoms with Crippen molar-refractivity contribution in [2.45, 2.75) is 218 Å². The van der Waals surface area contributed by atoms with Crippen LogP contribution in [0.1, 0.15) is 120 Å². The Morgan fingerprint density at radius 3 is 1.92 bits per heavy atom. The lowest BCUT2D eigenvalue weighted by atomic mass is 9.33. The Bertz CT molecular complexity index is 1860. The zero-order valence-electron chi connectivity index (χ0n) is 39.6. The van der Waals surface area contributed by atoms with Crippen LogP contribution in [0.5, 0.6) is 0 Å². The van der Waals surface area contributed by atoms with Gasteiger partial charge >= 0.3 is 11.9 Å². The summed E-state index contributed by atoms with van der Waals surface area (Å²) in [6.07, 6.45) is -16.6. The number of allylic oxidation sites excluding steroid dienone is 2. The largest absolute Gasteiger partial charge is 0.481 e. The highest BCUT2D eigenvalue weighted by atomic mass is 16.8. The fourth-order valence-corrected chi connectivity index (χ4v) is 15.1. The number of hydrogen-bond donors (Lipinski definition) is 10. The zero-order valence-corrected chi connectivity index (χ0v) is 39.6. The molecule has 0 aromatic carbocycles. The standard InChI is InChI=1S/C48H76O18/c1-21-28(50)30(52)32(54)39(61-21)64-35-34(56)36(38(57)58)65-41(37(35)66-40-33(55)31(53)29(51)24(20-49)62-40)63-27-12-13-45(6)25(44(27,4)5)11-14-47(8)26(45)10-9-22-23-19-43(2,3)15-17-48(23,42(59)60)18-16-46(22,47)7/h9,21,23-37,39-41,49-56H,10-20H2,1-8H3,(H,57,58)(H,59,60)/t21-,23?,24?,25?,26?,27-,28-,29?,30+,31?,32+,33?,34-,35-,36-,37+,39-,40?,41+,45-,46+,47+,48-/m0/s1. The third-order valence-electron chi connectivity index (χ3n) is 19.3. The summed E-state index contributed by atoms with van der Waals surface area (Å²) in [6.45, 7) is 16.6. The van der Waals surface area contributed by atoms with Crippen LogP contribution in [0.3, 0.4) is 0 Å². The van der Waals surface area contributed by atoms with Gasteiger partial charge in [-0.05, 0) is 116 Å². The monoisotopic (exact) mass is 941 g/mol. The van der Waals surface area contributed by atoms with Crippen molar-refractivity contribution in [3.8, 4) is 0 Å². The molecule has 8 aliphatic rings. The second-order valence-corrected chi connectivity index (χ2v) is 23.5. The number of aliphatic carboxylic acids is 2. The molecule has 18 nitrogen and oxygen atoms in total. The Morgan fingerprint density at radius 1 is 0.667 bits per heavy atom. The molecule has 0 spiro atoms. The molecule has 3 aliphatic heterocycles. The summed E-state index contributed by atoms with van der Waals surface area (Å²) in [4.78, 5) is 26.0. The molecule has 8 unspecified atom stereocenters. The molecule has 7 fully saturated rings. The first kappa shape index (κ1) is 50.5. The van der Waals surface area contributed by atoms with Crippen molar-refractivity contribution >= 4 is 11.9 Å². The Labute approximate surface area is 386 Å². The van der Waals surface area contributed by atoms with Gasteiger partial charge in [0.15, 0.2) is 25.0 Å². The maximum absolute atomic E-state index is 13.2. The molecule has 4 saturated carbocycles. The van der Waals surface area contributed by atoms with Gasteiger partial charge in [-0.15, -0.1) is 0 Å². The first-order chi connectivity index (χ1) is 30.7. The molecule has 0 bridgehead atoms. The fraction of sp³-hybridized carbons (Fsp3) is 0.917. The molecule has 8 rings (SSSR count). The average molecular weight is 941 g/mol. The van der Waals surface area contributed by atoms with Crippen LogP contribution >= 0.6 is 0 Å². The maximum atomic E-state index is 13.2. The minimum atomic E-state index is -2.06. The van der Waals surface area contributed by atoms with E-state index in [9.17, 15) is 60.7 Å². The van der Waals surface area contributed by atoms with E-state index in [0.717, 1.165) is 44.9 Å². The summed E-state index contributed by atoms with van der Waals surface area (Å²) in [5.41, 5.74) is -0.505. The number of carboxylic acids is 2. The van der Waals surface area contributed by atoms with Crippen molar-refractivity contribution in [3.63, 3.8) is 0 Å². The predicted octanol–water partition coefficient (Wildman–Crippen LogP) is 1.83. The molecule has 0 aromatic rings. The van der Waals surface area contributed by atoms with E-state index in [1.54, 1.807) is 0 Å². The minimum Gasteiger partial charge on any atom is -0.481 e. The van der Waals surface area contributed by atoms with E-state index < -0.39 is 128 Å². The van der Waals surface area contributed by atoms with Gasteiger partial charge in [-0.2, -0.15) is 0 Å². The van der Waals surface area contributed by atoms with Crippen LogP contribution in [-0.4, -0.2) is 168 Å². The molecule has 0 aromatic heterocycles. The molecule has 66 heavy (non-hydrogen) atoms. The van der Waals surface area contributed by atoms with Crippen LogP contribution in [0.25, 0.3) is 0 Å². The highest BCUT2D eigenvalue weighted by Crippen LogP contribution is 2.76. The van der Waals surface area contributed by atoms with Gasteiger partial charge in [0, 0.05) is 0 Å². The molecular formula is C48H76O18. The number of hydrogen-bond acceptors (Lipinski definition) is 16. The van der Waals surface area contributed by atoms with Crippen molar-refractivity contribution < 1.29 is 89.1 Å². The molecule has 376 valence electrons. The van der Waals surface area contributed by atoms with Crippen molar-refractivity contribution in [3.05, 3.63) is 11.6 Å². The molecule has 3 heterocycles. The molecule has 10 N–H and O–H groups in total. The SMILES string of the molecule is C[C@@H]1O[C@@H](O[C@H]2[C@H](O)[C@@H](C(=O)O)O[C@@H](O[C@H]3CC[C@@]4(C)C(CC[C@]5(C)C4CC=C4C6CC(C)(C)CC[C@]6(C(=O)O)CC[C@]45C)C3(C)C)[C@@H]2OC2OC(CO)C(O)C(O)C2O)[C@H](O)[C@H](O)[C@H]1O. The summed E-state index contributed by atoms with van der Waals surface area (Å²) >= 11 is 0. The summed E-state index contributed by atoms with van der Waals surface area (Å²) in [5.74, 6) is -1.96. The zero-order chi connectivity index (χ0) is 48.4. The van der Waals surface area contributed by atoms with Gasteiger partial charge in [-0.1, -0.05) is 60.1 Å². The van der Waals surface area contributed by atoms with E-state index in [1.165, 1.54) is 12.5 Å². The van der Waals surface area contributed by atoms with Gasteiger partial charge in [0.2, 0.25) is 0 Å². The Hall–Kier alpha value is -1.88. The van der Waals surface area contributed by atoms with Crippen molar-refractivity contribution in [1.82, 2.24) is 0 Å². The van der Waals surface area contributed by atoms with Crippen molar-refractivity contribution in [2.24, 2.45) is 50.2 Å². The number of ether oxygens (including phenoxy) is 6. The summed E-state index contributed by atoms with van der Waals surface area (Å²) in [5, 5.41) is 107. The first-order valence-electron chi connectivity index (χ1n) is 24.2. The number of rotatable bonds is 9. The molecule has 18 heteroatoms. The van der Waals surface area contributed by atoms with Crippen LogP contribution in [0.15, 0.2) is 11.6 Å². The van der Waals surface area contributed by atoms with Crippen LogP contribution in [-0.2, 0) is 38.0 Å². The predicted molar refractivity (Wildman–Crippen MR) is 230 cm³/mol. The fourth-order valence-electron chi connectivity index (χ4n) is 15.1. The van der Waals surface area contributed by atoms with E-state index in [-0.39, 0.29) is 39.4 Å². The van der Waals surface area contributed by atoms with Crippen LogP contribution < -0.4 is 0 Å². The Morgan fingerprint density at radius 2 is 1.29 bits per heavy atom. The number of fused-ring (bicyclic) bond motifs is 7. The van der Waals surface area contributed by atoms with Gasteiger partial charge in [-0.3, -0.25) is 4.79 Å². The van der Waals surface area contributed by atoms with Crippen LogP contribution in [0.4, 0.5) is 0 Å². The normalized spacial score (nSPS) is 53.3. The highest BCUT2D eigenvalue weighted by Gasteiger charge is 2.70. The van der Waals surface area contributed by atoms with E-state index in [1.807, 2.05) is 0 Å². The Balaban J connectivity index is 1.11. The number of aliphatic hydroxyl groups excluding tert-OH is 8. The highest BCUT2D eigenvalue weighted by molar-refractivity contribution is 5.76. The summed E-state index contributed by atoms with van der Waals surface area (Å²) in [6, 6.07) is 0. The minimum absolute atomic E-state index is 0.0241. The second kappa shape index (κ2) is 17.5. The van der Waals surface area contributed by atoms with Gasteiger partial charge in [0.25, 0.3) is 0 Å². The first-order valence-corrected chi connectivity index (χ1v) is 24.2. The van der Waals surface area contributed by atoms with Crippen LogP contribution in [0.2, 0.25) is 0 Å². The van der Waals surface area contributed by atoms with Gasteiger partial charge < -0.3 is 79.5 Å². The lowest BCUT2D eigenvalue weighted by Crippen LogP contribution is -2.68. The average Bonchev–Trinajstić information content (AvgIpc) is 3.24. The third-order valence-corrected chi connectivity index (χ3v) is 19.3. The maximum Gasteiger partial charge on any atom is 0.335 e. The number of aliphatic hydroxyl groups is 8. The number of carboxylic acid groups (broad SMARTS) is 2. The van der Waals surface area contributed by atoms with E-state index in [2.05, 4.69) is 54.5 Å². The van der Waals surface area contributed by atoms with E-state index >= 15 is 0 Å². The number of carbonyl (C=O) groups is 2. The molecule has 3 saturated heterocycles. The van der Waals surface area contributed by atoms with Gasteiger partial charge in [-0.25, -0.2) is 4.79 Å². The lowest BCUT2D eigenvalue weighted by Gasteiger charge is -2.71. The molecule has 5 aliphatic carbocycles.